The quantitative estimate of drug-likeness (QED) is 0.869. The zero-order valence-electron chi connectivity index (χ0n) is 12.0. The molecule has 0 spiro atoms. The van der Waals surface area contributed by atoms with Crippen LogP contribution in [0.4, 0.5) is 0 Å². The van der Waals surface area contributed by atoms with Gasteiger partial charge in [0, 0.05) is 12.4 Å². The second kappa shape index (κ2) is 5.28. The third kappa shape index (κ3) is 2.31. The predicted octanol–water partition coefficient (Wildman–Crippen LogP) is 2.44. The molecule has 0 aliphatic heterocycles. The van der Waals surface area contributed by atoms with Crippen LogP contribution in [0.3, 0.4) is 0 Å². The van der Waals surface area contributed by atoms with Crippen molar-refractivity contribution < 1.29 is 13.2 Å². The van der Waals surface area contributed by atoms with Gasteiger partial charge in [0.2, 0.25) is 0 Å². The zero-order valence-corrected chi connectivity index (χ0v) is 12.9. The van der Waals surface area contributed by atoms with Crippen molar-refractivity contribution in [2.75, 3.05) is 6.61 Å². The van der Waals surface area contributed by atoms with Crippen LogP contribution in [0, 0.1) is 20.8 Å². The Labute approximate surface area is 119 Å². The lowest BCUT2D eigenvalue weighted by atomic mass is 10.1. The number of nitrogens with zero attached hydrogens (tertiary/aromatic N) is 2. The zero-order chi connectivity index (χ0) is 14.9. The van der Waals surface area contributed by atoms with E-state index in [9.17, 15) is 8.42 Å². The molecule has 1 aromatic carbocycles. The molecule has 1 heterocycles. The number of hydrogen-bond acceptors (Lipinski definition) is 4. The molecule has 0 atom stereocenters. The van der Waals surface area contributed by atoms with Crippen LogP contribution in [-0.4, -0.2) is 24.0 Å². The van der Waals surface area contributed by atoms with E-state index in [1.807, 2.05) is 20.8 Å². The van der Waals surface area contributed by atoms with Crippen LogP contribution < -0.4 is 4.74 Å². The van der Waals surface area contributed by atoms with Gasteiger partial charge >= 0.3 is 0 Å². The smallest absolute Gasteiger partial charge is 0.269 e. The van der Waals surface area contributed by atoms with Gasteiger partial charge in [0.1, 0.15) is 12.1 Å². The summed E-state index contributed by atoms with van der Waals surface area (Å²) in [6, 6.07) is 1.66. The third-order valence-electron chi connectivity index (χ3n) is 3.30. The van der Waals surface area contributed by atoms with Gasteiger partial charge in [0.25, 0.3) is 10.0 Å². The first-order valence-electron chi connectivity index (χ1n) is 6.36. The maximum atomic E-state index is 12.6. The largest absolute Gasteiger partial charge is 0.493 e. The fourth-order valence-corrected chi connectivity index (χ4v) is 3.64. The highest BCUT2D eigenvalue weighted by molar-refractivity contribution is 7.90. The Morgan fingerprint density at radius 1 is 1.25 bits per heavy atom. The molecule has 0 N–H and O–H groups in total. The molecule has 0 radical (unpaired) electrons. The van der Waals surface area contributed by atoms with Crippen LogP contribution in [0.5, 0.6) is 5.75 Å². The van der Waals surface area contributed by atoms with E-state index in [1.165, 1.54) is 18.7 Å². The first-order valence-corrected chi connectivity index (χ1v) is 7.80. The van der Waals surface area contributed by atoms with E-state index in [0.29, 0.717) is 12.2 Å². The Hall–Kier alpha value is -1.82. The summed E-state index contributed by atoms with van der Waals surface area (Å²) in [5.74, 6) is 0.759. The van der Waals surface area contributed by atoms with E-state index in [0.717, 1.165) is 20.8 Å². The first-order chi connectivity index (χ1) is 9.39. The third-order valence-corrected chi connectivity index (χ3v) is 5.05. The molecule has 0 saturated carbocycles. The molecular formula is C14H18N2O3S. The van der Waals surface area contributed by atoms with Gasteiger partial charge in [-0.1, -0.05) is 0 Å². The lowest BCUT2D eigenvalue weighted by molar-refractivity contribution is 0.335. The maximum Gasteiger partial charge on any atom is 0.269 e. The second-order valence-electron chi connectivity index (χ2n) is 4.60. The molecule has 1 aromatic heterocycles. The van der Waals surface area contributed by atoms with Crippen molar-refractivity contribution in [3.05, 3.63) is 41.5 Å². The molecule has 0 fully saturated rings. The number of aryl methyl sites for hydroxylation is 1. The van der Waals surface area contributed by atoms with Crippen molar-refractivity contribution in [2.45, 2.75) is 32.6 Å². The monoisotopic (exact) mass is 294 g/mol. The number of rotatable bonds is 4. The Kier molecular flexibility index (Phi) is 3.85. The van der Waals surface area contributed by atoms with E-state index in [1.54, 1.807) is 13.0 Å². The van der Waals surface area contributed by atoms with Crippen molar-refractivity contribution in [3.63, 3.8) is 0 Å². The fourth-order valence-electron chi connectivity index (χ4n) is 2.16. The van der Waals surface area contributed by atoms with Gasteiger partial charge in [0.15, 0.2) is 0 Å². The van der Waals surface area contributed by atoms with Crippen molar-refractivity contribution in [1.29, 1.82) is 0 Å². The lowest BCUT2D eigenvalue weighted by Crippen LogP contribution is -2.14. The van der Waals surface area contributed by atoms with Crippen LogP contribution in [-0.2, 0) is 10.0 Å². The Bertz CT molecular complexity index is 719. The molecule has 2 aromatic rings. The number of imidazole rings is 1. The summed E-state index contributed by atoms with van der Waals surface area (Å²) >= 11 is 0. The minimum absolute atomic E-state index is 0.286. The van der Waals surface area contributed by atoms with Gasteiger partial charge in [-0.05, 0) is 50.5 Å². The first kappa shape index (κ1) is 14.6. The van der Waals surface area contributed by atoms with Crippen molar-refractivity contribution in [3.8, 4) is 5.75 Å². The molecule has 0 saturated heterocycles. The van der Waals surface area contributed by atoms with Crippen LogP contribution in [0.1, 0.15) is 23.6 Å². The van der Waals surface area contributed by atoms with Crippen molar-refractivity contribution in [2.24, 2.45) is 0 Å². The predicted molar refractivity (Wildman–Crippen MR) is 76.6 cm³/mol. The van der Waals surface area contributed by atoms with Gasteiger partial charge < -0.3 is 4.74 Å². The highest BCUT2D eigenvalue weighted by Crippen LogP contribution is 2.32. The average Bonchev–Trinajstić information content (AvgIpc) is 2.93. The molecule has 0 aliphatic carbocycles. The average molecular weight is 294 g/mol. The Morgan fingerprint density at radius 3 is 2.50 bits per heavy atom. The van der Waals surface area contributed by atoms with Gasteiger partial charge in [0.05, 0.1) is 11.5 Å². The number of aromatic nitrogens is 2. The molecule has 108 valence electrons. The number of ether oxygens (including phenoxy) is 1. The van der Waals surface area contributed by atoms with E-state index in [-0.39, 0.29) is 4.90 Å². The van der Waals surface area contributed by atoms with Crippen molar-refractivity contribution >= 4 is 10.0 Å². The second-order valence-corrected chi connectivity index (χ2v) is 6.41. The summed E-state index contributed by atoms with van der Waals surface area (Å²) < 4.78 is 31.9. The Balaban J connectivity index is 2.66. The molecule has 20 heavy (non-hydrogen) atoms. The summed E-state index contributed by atoms with van der Waals surface area (Å²) in [5, 5.41) is 0. The molecule has 2 rings (SSSR count). The molecule has 0 unspecified atom stereocenters. The summed E-state index contributed by atoms with van der Waals surface area (Å²) in [5.41, 5.74) is 2.37. The van der Waals surface area contributed by atoms with Gasteiger partial charge in [-0.3, -0.25) is 0 Å². The highest BCUT2D eigenvalue weighted by atomic mass is 32.2. The molecule has 5 nitrogen and oxygen atoms in total. The summed E-state index contributed by atoms with van der Waals surface area (Å²) in [4.78, 5) is 4.08. The van der Waals surface area contributed by atoms with Gasteiger partial charge in [-0.25, -0.2) is 17.4 Å². The summed E-state index contributed by atoms with van der Waals surface area (Å²) in [7, 11) is -3.60. The van der Waals surface area contributed by atoms with Crippen LogP contribution in [0.15, 0.2) is 29.7 Å². The van der Waals surface area contributed by atoms with E-state index in [4.69, 9.17) is 4.74 Å². The van der Waals surface area contributed by atoms with Gasteiger partial charge in [-0.2, -0.15) is 0 Å². The molecule has 0 amide bonds. The Morgan fingerprint density at radius 2 is 1.95 bits per heavy atom. The number of benzene rings is 1. The van der Waals surface area contributed by atoms with E-state index < -0.39 is 10.0 Å². The lowest BCUT2D eigenvalue weighted by Gasteiger charge is -2.17. The molecule has 6 heteroatoms. The highest BCUT2D eigenvalue weighted by Gasteiger charge is 2.22. The topological polar surface area (TPSA) is 61.2 Å². The van der Waals surface area contributed by atoms with E-state index in [2.05, 4.69) is 4.98 Å². The van der Waals surface area contributed by atoms with Crippen LogP contribution in [0.25, 0.3) is 0 Å². The van der Waals surface area contributed by atoms with E-state index >= 15 is 0 Å². The summed E-state index contributed by atoms with van der Waals surface area (Å²) in [6.07, 6.45) is 4.16. The molecular weight excluding hydrogens is 276 g/mol. The van der Waals surface area contributed by atoms with Crippen molar-refractivity contribution in [1.82, 2.24) is 8.96 Å². The fraction of sp³-hybridized carbons (Fsp3) is 0.357. The minimum Gasteiger partial charge on any atom is -0.493 e. The van der Waals surface area contributed by atoms with Crippen LogP contribution in [0.2, 0.25) is 0 Å². The van der Waals surface area contributed by atoms with Gasteiger partial charge in [-0.15, -0.1) is 0 Å². The minimum atomic E-state index is -3.60. The molecule has 0 aliphatic rings. The number of hydrogen-bond donors (Lipinski definition) is 0. The standard InChI is InChI=1S/C14H18N2O3S/c1-5-19-14-10(2)8-13(11(3)12(14)4)20(17,18)16-7-6-15-9-16/h6-9H,5H2,1-4H3. The molecule has 0 bridgehead atoms. The normalized spacial score (nSPS) is 11.6. The SMILES string of the molecule is CCOc1c(C)cc(S(=O)(=O)n2ccnc2)c(C)c1C. The van der Waals surface area contributed by atoms with Crippen LogP contribution >= 0.6 is 0 Å². The maximum absolute atomic E-state index is 12.6. The summed E-state index contributed by atoms with van der Waals surface area (Å²) in [6.45, 7) is 7.98.